The first-order valence-electron chi connectivity index (χ1n) is 6.84. The molecule has 0 heterocycles. The Morgan fingerprint density at radius 2 is 2.05 bits per heavy atom. The Bertz CT molecular complexity index is 398. The first kappa shape index (κ1) is 17.6. The van der Waals surface area contributed by atoms with Crippen LogP contribution >= 0.6 is 0 Å². The Morgan fingerprint density at radius 1 is 1.33 bits per heavy atom. The predicted octanol–water partition coefficient (Wildman–Crippen LogP) is 0.597. The molecule has 1 aromatic carbocycles. The quantitative estimate of drug-likeness (QED) is 0.622. The van der Waals surface area contributed by atoms with Crippen molar-refractivity contribution in [3.05, 3.63) is 35.9 Å². The van der Waals surface area contributed by atoms with Crippen molar-refractivity contribution in [2.75, 3.05) is 40.0 Å². The van der Waals surface area contributed by atoms with Crippen LogP contribution in [-0.2, 0) is 20.9 Å². The number of carbonyl (C=O) groups is 1. The lowest BCUT2D eigenvalue weighted by atomic mass is 10.2. The van der Waals surface area contributed by atoms with Crippen molar-refractivity contribution in [3.8, 4) is 0 Å². The van der Waals surface area contributed by atoms with Gasteiger partial charge in [0, 0.05) is 20.2 Å². The molecule has 0 aromatic heterocycles. The number of rotatable bonds is 11. The van der Waals surface area contributed by atoms with E-state index in [9.17, 15) is 9.90 Å². The number of methoxy groups -OCH3 is 1. The summed E-state index contributed by atoms with van der Waals surface area (Å²) in [4.78, 5) is 12.4. The third-order valence-corrected chi connectivity index (χ3v) is 2.86. The summed E-state index contributed by atoms with van der Waals surface area (Å²) in [6.07, 6.45) is -0.732. The van der Waals surface area contributed by atoms with Crippen LogP contribution in [0.3, 0.4) is 0 Å². The van der Waals surface area contributed by atoms with E-state index in [2.05, 4.69) is 0 Å². The topological polar surface area (TPSA) is 79.2 Å². The molecule has 0 radical (unpaired) electrons. The zero-order chi connectivity index (χ0) is 15.5. The van der Waals surface area contributed by atoms with Crippen LogP contribution in [0.5, 0.6) is 0 Å². The van der Waals surface area contributed by atoms with E-state index in [1.807, 2.05) is 30.3 Å². The summed E-state index contributed by atoms with van der Waals surface area (Å²) >= 11 is 0. The van der Waals surface area contributed by atoms with Gasteiger partial charge < -0.3 is 19.7 Å². The number of hydrogen-bond donors (Lipinski definition) is 2. The standard InChI is InChI=1S/C15H23NO5/c1-20-8-7-16(10-15(18)19)9-14(17)12-21-11-13-5-3-2-4-6-13/h2-6,14,17H,7-12H2,1H3,(H,18,19). The van der Waals surface area contributed by atoms with E-state index >= 15 is 0 Å². The number of carboxylic acids is 1. The van der Waals surface area contributed by atoms with Gasteiger partial charge in [-0.25, -0.2) is 0 Å². The van der Waals surface area contributed by atoms with Crippen molar-refractivity contribution in [3.63, 3.8) is 0 Å². The van der Waals surface area contributed by atoms with E-state index in [0.717, 1.165) is 5.56 Å². The number of benzene rings is 1. The van der Waals surface area contributed by atoms with Gasteiger partial charge in [-0.1, -0.05) is 30.3 Å². The molecule has 0 amide bonds. The van der Waals surface area contributed by atoms with Crippen LogP contribution in [-0.4, -0.2) is 67.1 Å². The molecule has 0 bridgehead atoms. The van der Waals surface area contributed by atoms with E-state index in [-0.39, 0.29) is 19.7 Å². The van der Waals surface area contributed by atoms with Crippen LogP contribution in [0.25, 0.3) is 0 Å². The minimum atomic E-state index is -0.927. The molecule has 1 aromatic rings. The molecule has 21 heavy (non-hydrogen) atoms. The molecule has 1 atom stereocenters. The molecule has 0 aliphatic rings. The van der Waals surface area contributed by atoms with Crippen molar-refractivity contribution in [1.29, 1.82) is 0 Å². The highest BCUT2D eigenvalue weighted by Crippen LogP contribution is 2.02. The molecular weight excluding hydrogens is 274 g/mol. The van der Waals surface area contributed by atoms with Crippen molar-refractivity contribution in [2.24, 2.45) is 0 Å². The van der Waals surface area contributed by atoms with E-state index in [0.29, 0.717) is 19.8 Å². The van der Waals surface area contributed by atoms with Gasteiger partial charge in [-0.3, -0.25) is 9.69 Å². The smallest absolute Gasteiger partial charge is 0.317 e. The number of carboxylic acid groups (broad SMARTS) is 1. The van der Waals surface area contributed by atoms with E-state index < -0.39 is 12.1 Å². The number of aliphatic carboxylic acids is 1. The zero-order valence-corrected chi connectivity index (χ0v) is 12.3. The molecule has 0 saturated heterocycles. The van der Waals surface area contributed by atoms with Gasteiger partial charge >= 0.3 is 5.97 Å². The number of nitrogens with zero attached hydrogens (tertiary/aromatic N) is 1. The van der Waals surface area contributed by atoms with Gasteiger partial charge in [0.2, 0.25) is 0 Å². The van der Waals surface area contributed by atoms with E-state index in [1.165, 1.54) is 0 Å². The second-order valence-corrected chi connectivity index (χ2v) is 4.78. The van der Waals surface area contributed by atoms with E-state index in [1.54, 1.807) is 12.0 Å². The van der Waals surface area contributed by atoms with Gasteiger partial charge in [0.15, 0.2) is 0 Å². The second-order valence-electron chi connectivity index (χ2n) is 4.78. The molecule has 1 rings (SSSR count). The molecule has 0 saturated carbocycles. The van der Waals surface area contributed by atoms with Crippen molar-refractivity contribution in [1.82, 2.24) is 4.90 Å². The van der Waals surface area contributed by atoms with Crippen LogP contribution in [0, 0.1) is 0 Å². The zero-order valence-electron chi connectivity index (χ0n) is 12.3. The maximum absolute atomic E-state index is 10.8. The van der Waals surface area contributed by atoms with Crippen LogP contribution in [0.15, 0.2) is 30.3 Å². The second kappa shape index (κ2) is 10.3. The molecule has 2 N–H and O–H groups in total. The van der Waals surface area contributed by atoms with Crippen LogP contribution in [0.4, 0.5) is 0 Å². The third-order valence-electron chi connectivity index (χ3n) is 2.86. The number of ether oxygens (including phenoxy) is 2. The third kappa shape index (κ3) is 8.41. The fourth-order valence-electron chi connectivity index (χ4n) is 1.88. The van der Waals surface area contributed by atoms with Gasteiger partial charge in [0.05, 0.1) is 32.5 Å². The largest absolute Gasteiger partial charge is 0.480 e. The van der Waals surface area contributed by atoms with Crippen molar-refractivity contribution in [2.45, 2.75) is 12.7 Å². The number of aliphatic hydroxyl groups is 1. The fourth-order valence-corrected chi connectivity index (χ4v) is 1.88. The van der Waals surface area contributed by atoms with Crippen LogP contribution in [0.2, 0.25) is 0 Å². The Hall–Kier alpha value is -1.47. The normalized spacial score (nSPS) is 12.5. The van der Waals surface area contributed by atoms with Gasteiger partial charge in [-0.15, -0.1) is 0 Å². The minimum absolute atomic E-state index is 0.126. The predicted molar refractivity (Wildman–Crippen MR) is 78.1 cm³/mol. The van der Waals surface area contributed by atoms with Crippen molar-refractivity contribution >= 4 is 5.97 Å². The average molecular weight is 297 g/mol. The lowest BCUT2D eigenvalue weighted by Crippen LogP contribution is -2.40. The Balaban J connectivity index is 2.28. The molecule has 118 valence electrons. The SMILES string of the molecule is COCCN(CC(=O)O)CC(O)COCc1ccccc1. The van der Waals surface area contributed by atoms with Gasteiger partial charge in [0.1, 0.15) is 0 Å². The molecule has 6 nitrogen and oxygen atoms in total. The maximum Gasteiger partial charge on any atom is 0.317 e. The fraction of sp³-hybridized carbons (Fsp3) is 0.533. The average Bonchev–Trinajstić information content (AvgIpc) is 2.45. The van der Waals surface area contributed by atoms with Crippen molar-refractivity contribution < 1.29 is 24.5 Å². The van der Waals surface area contributed by atoms with E-state index in [4.69, 9.17) is 14.6 Å². The number of aliphatic hydroxyl groups excluding tert-OH is 1. The molecular formula is C15H23NO5. The summed E-state index contributed by atoms with van der Waals surface area (Å²) in [5, 5.41) is 18.7. The lowest BCUT2D eigenvalue weighted by Gasteiger charge is -2.23. The molecule has 0 aliphatic heterocycles. The summed E-state index contributed by atoms with van der Waals surface area (Å²) in [7, 11) is 1.55. The first-order chi connectivity index (χ1) is 10.1. The summed E-state index contributed by atoms with van der Waals surface area (Å²) in [5.41, 5.74) is 1.03. The first-order valence-corrected chi connectivity index (χ1v) is 6.84. The Kier molecular flexibility index (Phi) is 8.61. The highest BCUT2D eigenvalue weighted by Gasteiger charge is 2.14. The van der Waals surface area contributed by atoms with Gasteiger partial charge in [-0.05, 0) is 5.56 Å². The summed E-state index contributed by atoms with van der Waals surface area (Å²) in [6, 6.07) is 9.67. The van der Waals surface area contributed by atoms with Crippen LogP contribution in [0.1, 0.15) is 5.56 Å². The summed E-state index contributed by atoms with van der Waals surface area (Å²) < 4.78 is 10.4. The minimum Gasteiger partial charge on any atom is -0.480 e. The molecule has 0 aliphatic carbocycles. The lowest BCUT2D eigenvalue weighted by molar-refractivity contribution is -0.138. The Labute approximate surface area is 124 Å². The number of hydrogen-bond acceptors (Lipinski definition) is 5. The summed E-state index contributed by atoms with van der Waals surface area (Å²) in [6.45, 7) is 1.58. The van der Waals surface area contributed by atoms with Gasteiger partial charge in [0.25, 0.3) is 0 Å². The summed E-state index contributed by atoms with van der Waals surface area (Å²) in [5.74, 6) is -0.927. The molecule has 1 unspecified atom stereocenters. The Morgan fingerprint density at radius 3 is 2.67 bits per heavy atom. The molecule has 6 heteroatoms. The van der Waals surface area contributed by atoms with Gasteiger partial charge in [-0.2, -0.15) is 0 Å². The highest BCUT2D eigenvalue weighted by atomic mass is 16.5. The maximum atomic E-state index is 10.8. The van der Waals surface area contributed by atoms with Crippen LogP contribution < -0.4 is 0 Å². The highest BCUT2D eigenvalue weighted by molar-refractivity contribution is 5.69. The molecule has 0 spiro atoms. The molecule has 0 fully saturated rings. The monoisotopic (exact) mass is 297 g/mol.